The summed E-state index contributed by atoms with van der Waals surface area (Å²) in [6, 6.07) is 11.1. The van der Waals surface area contributed by atoms with Crippen LogP contribution < -0.4 is 5.32 Å². The van der Waals surface area contributed by atoms with Crippen LogP contribution in [0.2, 0.25) is 0 Å². The van der Waals surface area contributed by atoms with Crippen LogP contribution in [-0.4, -0.2) is 11.5 Å². The van der Waals surface area contributed by atoms with Crippen LogP contribution in [0, 0.1) is 0 Å². The summed E-state index contributed by atoms with van der Waals surface area (Å²) in [6.45, 7) is 6.36. The molecule has 0 bridgehead atoms. The molecule has 0 spiro atoms. The van der Waals surface area contributed by atoms with Crippen molar-refractivity contribution in [2.45, 2.75) is 46.1 Å². The van der Waals surface area contributed by atoms with E-state index in [0.29, 0.717) is 0 Å². The molecular weight excluding hydrogens is 256 g/mol. The van der Waals surface area contributed by atoms with Crippen LogP contribution in [0.1, 0.15) is 44.2 Å². The number of nitrogens with one attached hydrogen (secondary N) is 1. The zero-order chi connectivity index (χ0) is 14.9. The van der Waals surface area contributed by atoms with Gasteiger partial charge in [0.2, 0.25) is 0 Å². The lowest BCUT2D eigenvalue weighted by Gasteiger charge is -2.07. The Morgan fingerprint density at radius 3 is 2.43 bits per heavy atom. The number of aryl methyl sites for hydroxylation is 1. The average Bonchev–Trinajstić information content (AvgIpc) is 2.54. The summed E-state index contributed by atoms with van der Waals surface area (Å²) >= 11 is 0. The van der Waals surface area contributed by atoms with Crippen LogP contribution in [0.4, 0.5) is 0 Å². The van der Waals surface area contributed by atoms with Gasteiger partial charge in [0.15, 0.2) is 0 Å². The largest absolute Gasteiger partial charge is 0.313 e. The van der Waals surface area contributed by atoms with Crippen LogP contribution in [0.15, 0.2) is 42.7 Å². The van der Waals surface area contributed by atoms with Gasteiger partial charge in [-0.25, -0.2) is 0 Å². The molecular formula is C19H26N2. The summed E-state index contributed by atoms with van der Waals surface area (Å²) < 4.78 is 0. The van der Waals surface area contributed by atoms with E-state index in [2.05, 4.69) is 54.5 Å². The summed E-state index contributed by atoms with van der Waals surface area (Å²) in [6.07, 6.45) is 8.74. The van der Waals surface area contributed by atoms with E-state index in [-0.39, 0.29) is 0 Å². The van der Waals surface area contributed by atoms with E-state index in [9.17, 15) is 0 Å². The van der Waals surface area contributed by atoms with E-state index in [1.807, 2.05) is 12.4 Å². The smallest absolute Gasteiger partial charge is 0.0346 e. The van der Waals surface area contributed by atoms with E-state index in [0.717, 1.165) is 19.5 Å². The van der Waals surface area contributed by atoms with Gasteiger partial charge in [0, 0.05) is 24.5 Å². The molecule has 0 unspecified atom stereocenters. The van der Waals surface area contributed by atoms with Crippen molar-refractivity contribution >= 4 is 0 Å². The van der Waals surface area contributed by atoms with Gasteiger partial charge in [-0.05, 0) is 48.6 Å². The molecule has 0 amide bonds. The SMILES string of the molecule is CCCCc1ccc(-c2cncc(CNCCC)c2)cc1. The molecule has 0 saturated heterocycles. The van der Waals surface area contributed by atoms with Crippen molar-refractivity contribution in [2.24, 2.45) is 0 Å². The first-order valence-electron chi connectivity index (χ1n) is 8.07. The van der Waals surface area contributed by atoms with Gasteiger partial charge in [-0.15, -0.1) is 0 Å². The summed E-state index contributed by atoms with van der Waals surface area (Å²) in [4.78, 5) is 4.37. The van der Waals surface area contributed by atoms with Crippen molar-refractivity contribution in [1.82, 2.24) is 10.3 Å². The number of benzene rings is 1. The Bertz CT molecular complexity index is 532. The maximum atomic E-state index is 4.37. The van der Waals surface area contributed by atoms with E-state index in [1.54, 1.807) is 0 Å². The highest BCUT2D eigenvalue weighted by Crippen LogP contribution is 2.20. The third-order valence-corrected chi connectivity index (χ3v) is 3.66. The molecule has 0 fully saturated rings. The second kappa shape index (κ2) is 8.58. The summed E-state index contributed by atoms with van der Waals surface area (Å²) in [5, 5.41) is 3.42. The van der Waals surface area contributed by atoms with Gasteiger partial charge < -0.3 is 5.32 Å². The molecule has 21 heavy (non-hydrogen) atoms. The lowest BCUT2D eigenvalue weighted by Crippen LogP contribution is -2.13. The van der Waals surface area contributed by atoms with Gasteiger partial charge in [-0.2, -0.15) is 0 Å². The van der Waals surface area contributed by atoms with Crippen molar-refractivity contribution in [2.75, 3.05) is 6.54 Å². The molecule has 0 radical (unpaired) electrons. The average molecular weight is 282 g/mol. The third-order valence-electron chi connectivity index (χ3n) is 3.66. The highest BCUT2D eigenvalue weighted by molar-refractivity contribution is 5.63. The van der Waals surface area contributed by atoms with Crippen molar-refractivity contribution in [3.63, 3.8) is 0 Å². The molecule has 1 N–H and O–H groups in total. The topological polar surface area (TPSA) is 24.9 Å². The number of unbranched alkanes of at least 4 members (excludes halogenated alkanes) is 1. The summed E-state index contributed by atoms with van der Waals surface area (Å²) in [5.41, 5.74) is 5.12. The van der Waals surface area contributed by atoms with Gasteiger partial charge >= 0.3 is 0 Å². The zero-order valence-corrected chi connectivity index (χ0v) is 13.2. The van der Waals surface area contributed by atoms with Crippen LogP contribution in [-0.2, 0) is 13.0 Å². The molecule has 0 atom stereocenters. The van der Waals surface area contributed by atoms with Crippen LogP contribution >= 0.6 is 0 Å². The minimum absolute atomic E-state index is 0.892. The van der Waals surface area contributed by atoms with Gasteiger partial charge in [-0.1, -0.05) is 44.5 Å². The lowest BCUT2D eigenvalue weighted by atomic mass is 10.0. The molecule has 2 nitrogen and oxygen atoms in total. The van der Waals surface area contributed by atoms with E-state index in [1.165, 1.54) is 41.5 Å². The number of rotatable bonds is 8. The Morgan fingerprint density at radius 2 is 1.71 bits per heavy atom. The first kappa shape index (κ1) is 15.7. The number of aromatic nitrogens is 1. The Kier molecular flexibility index (Phi) is 6.42. The molecule has 1 aromatic heterocycles. The lowest BCUT2D eigenvalue weighted by molar-refractivity contribution is 0.674. The normalized spacial score (nSPS) is 10.8. The molecule has 1 aromatic carbocycles. The number of pyridine rings is 1. The maximum absolute atomic E-state index is 4.37. The summed E-state index contributed by atoms with van der Waals surface area (Å²) in [5.74, 6) is 0. The predicted octanol–water partition coefficient (Wildman–Crippen LogP) is 4.59. The molecule has 2 heteroatoms. The fourth-order valence-electron chi connectivity index (χ4n) is 2.40. The van der Waals surface area contributed by atoms with Gasteiger partial charge in [-0.3, -0.25) is 4.98 Å². The summed E-state index contributed by atoms with van der Waals surface area (Å²) in [7, 11) is 0. The Balaban J connectivity index is 2.05. The monoisotopic (exact) mass is 282 g/mol. The maximum Gasteiger partial charge on any atom is 0.0346 e. The predicted molar refractivity (Wildman–Crippen MR) is 90.3 cm³/mol. The zero-order valence-electron chi connectivity index (χ0n) is 13.2. The van der Waals surface area contributed by atoms with Crippen molar-refractivity contribution in [3.05, 3.63) is 53.9 Å². The molecule has 112 valence electrons. The van der Waals surface area contributed by atoms with Crippen LogP contribution in [0.5, 0.6) is 0 Å². The van der Waals surface area contributed by atoms with Crippen molar-refractivity contribution in [3.8, 4) is 11.1 Å². The highest BCUT2D eigenvalue weighted by atomic mass is 14.8. The molecule has 2 rings (SSSR count). The highest BCUT2D eigenvalue weighted by Gasteiger charge is 2.01. The minimum atomic E-state index is 0.892. The molecule has 0 aliphatic carbocycles. The standard InChI is InChI=1S/C19H26N2/c1-3-5-6-16-7-9-18(10-8-16)19-12-17(14-21-15-19)13-20-11-4-2/h7-10,12,14-15,20H,3-6,11,13H2,1-2H3. The van der Waals surface area contributed by atoms with Gasteiger partial charge in [0.25, 0.3) is 0 Å². The minimum Gasteiger partial charge on any atom is -0.313 e. The molecule has 0 aliphatic rings. The second-order valence-electron chi connectivity index (χ2n) is 5.56. The van der Waals surface area contributed by atoms with Crippen LogP contribution in [0.25, 0.3) is 11.1 Å². The third kappa shape index (κ3) is 4.98. The molecule has 1 heterocycles. The molecule has 0 saturated carbocycles. The van der Waals surface area contributed by atoms with Crippen molar-refractivity contribution < 1.29 is 0 Å². The Labute approximate surface area is 128 Å². The fraction of sp³-hybridized carbons (Fsp3) is 0.421. The first-order chi connectivity index (χ1) is 10.3. The van der Waals surface area contributed by atoms with E-state index >= 15 is 0 Å². The number of nitrogens with zero attached hydrogens (tertiary/aromatic N) is 1. The van der Waals surface area contributed by atoms with E-state index < -0.39 is 0 Å². The fourth-order valence-corrected chi connectivity index (χ4v) is 2.40. The molecule has 0 aliphatic heterocycles. The first-order valence-corrected chi connectivity index (χ1v) is 8.07. The number of hydrogen-bond donors (Lipinski definition) is 1. The van der Waals surface area contributed by atoms with Gasteiger partial charge in [0.05, 0.1) is 0 Å². The Morgan fingerprint density at radius 1 is 0.905 bits per heavy atom. The van der Waals surface area contributed by atoms with E-state index in [4.69, 9.17) is 0 Å². The second-order valence-corrected chi connectivity index (χ2v) is 5.56. The van der Waals surface area contributed by atoms with Crippen molar-refractivity contribution in [1.29, 1.82) is 0 Å². The molecule has 2 aromatic rings. The number of hydrogen-bond acceptors (Lipinski definition) is 2. The van der Waals surface area contributed by atoms with Crippen LogP contribution in [0.3, 0.4) is 0 Å². The van der Waals surface area contributed by atoms with Gasteiger partial charge in [0.1, 0.15) is 0 Å². The Hall–Kier alpha value is -1.67. The quantitative estimate of drug-likeness (QED) is 0.716.